The van der Waals surface area contributed by atoms with Crippen LogP contribution in [0.5, 0.6) is 0 Å². The van der Waals surface area contributed by atoms with E-state index < -0.39 is 28.4 Å². The molecule has 0 amide bonds. The molecular weight excluding hydrogens is 431 g/mol. The zero-order valence-electron chi connectivity index (χ0n) is 17.1. The first kappa shape index (κ1) is 21.9. The van der Waals surface area contributed by atoms with E-state index in [9.17, 15) is 28.2 Å². The fraction of sp³-hybridized carbons (Fsp3) is 0.773. The smallest absolute Gasteiger partial charge is 0.358 e. The van der Waals surface area contributed by atoms with Gasteiger partial charge in [0.25, 0.3) is 5.79 Å². The fourth-order valence-corrected chi connectivity index (χ4v) is 8.15. The first-order valence-corrected chi connectivity index (χ1v) is 12.1. The number of allylic oxidation sites excluding steroid dienone is 4. The molecule has 5 rings (SSSR count). The van der Waals surface area contributed by atoms with Crippen molar-refractivity contribution in [3.63, 3.8) is 0 Å². The van der Waals surface area contributed by atoms with Gasteiger partial charge in [0.2, 0.25) is 5.12 Å². The maximum atomic E-state index is 13.3. The number of hydrogen-bond donors (Lipinski definition) is 3. The molecule has 31 heavy (non-hydrogen) atoms. The minimum Gasteiger partial charge on any atom is -0.358 e. The van der Waals surface area contributed by atoms with Crippen LogP contribution in [0.15, 0.2) is 23.8 Å². The summed E-state index contributed by atoms with van der Waals surface area (Å²) in [5, 5.41) is 18.2. The number of alkyl halides is 3. The number of halogens is 3. The molecule has 4 aliphatic carbocycles. The van der Waals surface area contributed by atoms with Crippen LogP contribution in [0.1, 0.15) is 38.5 Å². The molecule has 3 saturated carbocycles. The van der Waals surface area contributed by atoms with E-state index in [0.717, 1.165) is 38.5 Å². The fourth-order valence-electron chi connectivity index (χ4n) is 7.07. The number of fused-ring (bicyclic) bond motifs is 7. The zero-order chi connectivity index (χ0) is 22.0. The Bertz CT molecular complexity index is 813. The van der Waals surface area contributed by atoms with Crippen LogP contribution in [0.2, 0.25) is 0 Å². The maximum absolute atomic E-state index is 13.3. The maximum Gasteiger partial charge on any atom is 0.443 e. The van der Waals surface area contributed by atoms with Crippen molar-refractivity contribution in [2.45, 2.75) is 56.1 Å². The molecule has 7 atom stereocenters. The van der Waals surface area contributed by atoms with E-state index >= 15 is 0 Å². The lowest BCUT2D eigenvalue weighted by atomic mass is 9.56. The highest BCUT2D eigenvalue weighted by molar-refractivity contribution is 8.13. The van der Waals surface area contributed by atoms with Crippen molar-refractivity contribution in [2.75, 3.05) is 12.3 Å². The molecule has 0 aromatic rings. The van der Waals surface area contributed by atoms with Crippen molar-refractivity contribution >= 4 is 16.9 Å². The lowest BCUT2D eigenvalue weighted by Gasteiger charge is -2.49. The summed E-state index contributed by atoms with van der Waals surface area (Å²) in [5.41, 5.74) is 3.18. The second-order valence-electron chi connectivity index (χ2n) is 9.75. The quantitative estimate of drug-likeness (QED) is 0.444. The summed E-state index contributed by atoms with van der Waals surface area (Å²) in [4.78, 5) is 19.1. The number of carbonyl (C=O) groups is 1. The Kier molecular flexibility index (Phi) is 5.37. The minimum absolute atomic E-state index is 0.0514. The molecule has 3 N–H and O–H groups in total. The number of hydrogen-bond acceptors (Lipinski definition) is 6. The van der Waals surface area contributed by atoms with Gasteiger partial charge in [0.15, 0.2) is 5.60 Å². The Hall–Kier alpha value is -0.870. The molecule has 0 aromatic heterocycles. The first-order chi connectivity index (χ1) is 14.6. The molecule has 0 aromatic carbocycles. The van der Waals surface area contributed by atoms with Gasteiger partial charge in [-0.2, -0.15) is 13.2 Å². The van der Waals surface area contributed by atoms with Gasteiger partial charge in [0, 0.05) is 24.3 Å². The highest BCUT2D eigenvalue weighted by Crippen LogP contribution is 2.62. The molecule has 1 aliphatic heterocycles. The van der Waals surface area contributed by atoms with E-state index in [1.807, 2.05) is 0 Å². The molecule has 9 heteroatoms. The Morgan fingerprint density at radius 2 is 2.03 bits per heavy atom. The van der Waals surface area contributed by atoms with Gasteiger partial charge in [-0.1, -0.05) is 35.6 Å². The van der Waals surface area contributed by atoms with E-state index in [1.54, 1.807) is 0 Å². The van der Waals surface area contributed by atoms with Crippen molar-refractivity contribution in [1.82, 2.24) is 5.48 Å². The van der Waals surface area contributed by atoms with Gasteiger partial charge in [-0.25, -0.2) is 5.48 Å². The highest BCUT2D eigenvalue weighted by atomic mass is 32.2. The van der Waals surface area contributed by atoms with Crippen molar-refractivity contribution < 1.29 is 33.0 Å². The number of hydroxylamine groups is 1. The van der Waals surface area contributed by atoms with Crippen molar-refractivity contribution in [3.05, 3.63) is 23.8 Å². The highest BCUT2D eigenvalue weighted by Gasteiger charge is 2.67. The topological polar surface area (TPSA) is 78.8 Å². The normalized spacial score (nSPS) is 41.8. The molecule has 5 aliphatic rings. The third-order valence-corrected chi connectivity index (χ3v) is 9.53. The standard InChI is InChI=1S/C22H28F3NO4S/c23-22(24,25)20(28,29)11-31-19(27)21-13(10-26-30-21)9-17-16-6-5-12-3-1-2-4-14(12)15(16)7-8-18(17)21/h2-4,13-18,26,28-29H,1,5-11H2. The molecule has 0 bridgehead atoms. The minimum atomic E-state index is -5.22. The van der Waals surface area contributed by atoms with Gasteiger partial charge < -0.3 is 10.2 Å². The van der Waals surface area contributed by atoms with E-state index in [0.29, 0.717) is 42.0 Å². The molecule has 0 spiro atoms. The van der Waals surface area contributed by atoms with Crippen molar-refractivity contribution in [1.29, 1.82) is 0 Å². The summed E-state index contributed by atoms with van der Waals surface area (Å²) in [5.74, 6) is -3.39. The molecule has 5 nitrogen and oxygen atoms in total. The third-order valence-electron chi connectivity index (χ3n) is 8.41. The monoisotopic (exact) mass is 459 g/mol. The molecule has 0 radical (unpaired) electrons. The van der Waals surface area contributed by atoms with Crippen LogP contribution < -0.4 is 5.48 Å². The zero-order valence-corrected chi connectivity index (χ0v) is 17.9. The van der Waals surface area contributed by atoms with Gasteiger partial charge in [-0.05, 0) is 56.3 Å². The van der Waals surface area contributed by atoms with Crippen molar-refractivity contribution in [2.24, 2.45) is 35.5 Å². The van der Waals surface area contributed by atoms with Gasteiger partial charge in [0.05, 0.1) is 5.75 Å². The molecule has 4 fully saturated rings. The van der Waals surface area contributed by atoms with Gasteiger partial charge in [0.1, 0.15) is 0 Å². The number of nitrogens with one attached hydrogen (secondary N) is 1. The lowest BCUT2D eigenvalue weighted by Crippen LogP contribution is -2.52. The summed E-state index contributed by atoms with van der Waals surface area (Å²) >= 11 is 0.334. The summed E-state index contributed by atoms with van der Waals surface area (Å²) in [7, 11) is 0. The first-order valence-electron chi connectivity index (χ1n) is 11.1. The van der Waals surface area contributed by atoms with Crippen LogP contribution in [-0.2, 0) is 9.63 Å². The third kappa shape index (κ3) is 3.34. The molecule has 172 valence electrons. The van der Waals surface area contributed by atoms with Gasteiger partial charge >= 0.3 is 6.18 Å². The van der Waals surface area contributed by atoms with Gasteiger partial charge in [-0.3, -0.25) is 9.63 Å². The molecule has 7 unspecified atom stereocenters. The summed E-state index contributed by atoms with van der Waals surface area (Å²) in [6.07, 6.45) is 7.46. The predicted octanol–water partition coefficient (Wildman–Crippen LogP) is 3.34. The van der Waals surface area contributed by atoms with E-state index in [4.69, 9.17) is 4.84 Å². The second-order valence-corrected chi connectivity index (χ2v) is 10.7. The second kappa shape index (κ2) is 7.58. The average Bonchev–Trinajstić information content (AvgIpc) is 3.28. The van der Waals surface area contributed by atoms with E-state index in [-0.39, 0.29) is 11.8 Å². The number of carbonyl (C=O) groups excluding carboxylic acids is 1. The Morgan fingerprint density at radius 1 is 1.23 bits per heavy atom. The van der Waals surface area contributed by atoms with Crippen molar-refractivity contribution in [3.8, 4) is 0 Å². The van der Waals surface area contributed by atoms with E-state index in [2.05, 4.69) is 23.7 Å². The molecule has 1 heterocycles. The van der Waals surface area contributed by atoms with E-state index in [1.165, 1.54) is 5.57 Å². The van der Waals surface area contributed by atoms with Crippen LogP contribution >= 0.6 is 11.8 Å². The lowest BCUT2D eigenvalue weighted by molar-refractivity contribution is -0.336. The SMILES string of the molecule is O=C(SCC(O)(O)C(F)(F)F)C12ONCC1CC1C3CCC4=CCC=CC4C3CCC12. The molecular formula is C22H28F3NO4S. The van der Waals surface area contributed by atoms with Gasteiger partial charge in [-0.15, -0.1) is 0 Å². The summed E-state index contributed by atoms with van der Waals surface area (Å²) < 4.78 is 38.5. The average molecular weight is 460 g/mol. The largest absolute Gasteiger partial charge is 0.443 e. The van der Waals surface area contributed by atoms with Crippen LogP contribution in [0.3, 0.4) is 0 Å². The number of rotatable bonds is 3. The summed E-state index contributed by atoms with van der Waals surface area (Å²) in [6, 6.07) is 0. The predicted molar refractivity (Wildman–Crippen MR) is 108 cm³/mol. The Balaban J connectivity index is 1.36. The van der Waals surface area contributed by atoms with Crippen LogP contribution in [0, 0.1) is 35.5 Å². The van der Waals surface area contributed by atoms with Crippen LogP contribution in [0.4, 0.5) is 13.2 Å². The number of thioether (sulfide) groups is 1. The Morgan fingerprint density at radius 3 is 2.81 bits per heavy atom. The van der Waals surface area contributed by atoms with Crippen LogP contribution in [-0.4, -0.2) is 45.2 Å². The number of aliphatic hydroxyl groups is 2. The molecule has 1 saturated heterocycles. The van der Waals surface area contributed by atoms with Crippen LogP contribution in [0.25, 0.3) is 0 Å². The Labute approximate surface area is 183 Å². The summed E-state index contributed by atoms with van der Waals surface area (Å²) in [6.45, 7) is 0.494.